The van der Waals surface area contributed by atoms with Crippen molar-refractivity contribution in [2.24, 2.45) is 0 Å². The fraction of sp³-hybridized carbons (Fsp3) is 0.133. The number of fused-ring (bicyclic) bond motifs is 1. The molecule has 3 rings (SSSR count). The minimum absolute atomic E-state index is 0.0925. The van der Waals surface area contributed by atoms with Crippen LogP contribution in [0.4, 0.5) is 9.39 Å². The molecule has 3 aromatic rings. The average Bonchev–Trinajstić information content (AvgIpc) is 2.83. The summed E-state index contributed by atoms with van der Waals surface area (Å²) in [5.74, 6) is -0.184. The molecule has 4 heteroatoms. The summed E-state index contributed by atoms with van der Waals surface area (Å²) in [5.41, 5.74) is 1.63. The first-order valence-electron chi connectivity index (χ1n) is 6.11. The van der Waals surface area contributed by atoms with Crippen LogP contribution in [0.3, 0.4) is 0 Å². The molecule has 1 unspecified atom stereocenters. The summed E-state index contributed by atoms with van der Waals surface area (Å²) in [4.78, 5) is 0. The second-order valence-corrected chi connectivity index (χ2v) is 5.19. The lowest BCUT2D eigenvalue weighted by Crippen LogP contribution is -2.07. The quantitative estimate of drug-likeness (QED) is 0.753. The molecule has 0 aliphatic carbocycles. The van der Waals surface area contributed by atoms with E-state index in [0.717, 1.165) is 15.9 Å². The molecule has 96 valence electrons. The van der Waals surface area contributed by atoms with Crippen LogP contribution in [0.2, 0.25) is 0 Å². The Balaban J connectivity index is 1.91. The average molecular weight is 272 g/mol. The van der Waals surface area contributed by atoms with Crippen molar-refractivity contribution in [2.75, 3.05) is 5.32 Å². The van der Waals surface area contributed by atoms with Gasteiger partial charge in [-0.2, -0.15) is 4.37 Å². The second-order valence-electron chi connectivity index (χ2n) is 4.42. The lowest BCUT2D eigenvalue weighted by molar-refractivity contribution is 0.600. The van der Waals surface area contributed by atoms with Crippen molar-refractivity contribution in [3.63, 3.8) is 0 Å². The molecular formula is C15H13FN2S. The first-order chi connectivity index (χ1) is 9.25. The molecule has 1 atom stereocenters. The highest BCUT2D eigenvalue weighted by molar-refractivity contribution is 7.11. The highest BCUT2D eigenvalue weighted by Gasteiger charge is 2.13. The third-order valence-electron chi connectivity index (χ3n) is 3.10. The van der Waals surface area contributed by atoms with Crippen LogP contribution in [0.1, 0.15) is 18.5 Å². The topological polar surface area (TPSA) is 24.9 Å². The molecule has 0 aliphatic rings. The summed E-state index contributed by atoms with van der Waals surface area (Å²) >= 11 is 1.41. The lowest BCUT2D eigenvalue weighted by atomic mass is 10.1. The Morgan fingerprint density at radius 3 is 2.68 bits per heavy atom. The zero-order chi connectivity index (χ0) is 13.2. The Morgan fingerprint density at radius 2 is 1.84 bits per heavy atom. The van der Waals surface area contributed by atoms with E-state index in [-0.39, 0.29) is 11.9 Å². The van der Waals surface area contributed by atoms with Crippen LogP contribution in [0.5, 0.6) is 0 Å². The molecule has 19 heavy (non-hydrogen) atoms. The monoisotopic (exact) mass is 272 g/mol. The molecule has 2 nitrogen and oxygen atoms in total. The number of nitrogens with one attached hydrogen (secondary N) is 1. The molecular weight excluding hydrogens is 259 g/mol. The van der Waals surface area contributed by atoms with Gasteiger partial charge in [-0.25, -0.2) is 4.39 Å². The molecule has 1 heterocycles. The largest absolute Gasteiger partial charge is 0.369 e. The second kappa shape index (κ2) is 4.97. The van der Waals surface area contributed by atoms with Crippen LogP contribution < -0.4 is 5.32 Å². The normalized spacial score (nSPS) is 12.5. The Labute approximate surface area is 115 Å². The predicted octanol–water partition coefficient (Wildman–Crippen LogP) is 4.61. The highest BCUT2D eigenvalue weighted by Crippen LogP contribution is 2.31. The first kappa shape index (κ1) is 12.1. The smallest absolute Gasteiger partial charge is 0.128 e. The van der Waals surface area contributed by atoms with Crippen molar-refractivity contribution in [1.82, 2.24) is 4.37 Å². The summed E-state index contributed by atoms with van der Waals surface area (Å²) in [5, 5.41) is 5.40. The third-order valence-corrected chi connectivity index (χ3v) is 3.91. The van der Waals surface area contributed by atoms with Crippen LogP contribution in [0, 0.1) is 5.82 Å². The van der Waals surface area contributed by atoms with Gasteiger partial charge in [-0.15, -0.1) is 0 Å². The summed E-state index contributed by atoms with van der Waals surface area (Å²) in [7, 11) is 0. The third kappa shape index (κ3) is 2.31. The van der Waals surface area contributed by atoms with Crippen LogP contribution in [0.25, 0.3) is 10.9 Å². The van der Waals surface area contributed by atoms with Crippen molar-refractivity contribution >= 4 is 27.4 Å². The maximum absolute atomic E-state index is 13.7. The molecule has 0 fully saturated rings. The van der Waals surface area contributed by atoms with Gasteiger partial charge in [0.15, 0.2) is 0 Å². The number of halogens is 1. The van der Waals surface area contributed by atoms with Gasteiger partial charge in [0.2, 0.25) is 0 Å². The minimum Gasteiger partial charge on any atom is -0.369 e. The van der Waals surface area contributed by atoms with E-state index in [2.05, 4.69) is 9.69 Å². The van der Waals surface area contributed by atoms with Crippen molar-refractivity contribution in [1.29, 1.82) is 0 Å². The van der Waals surface area contributed by atoms with E-state index in [0.29, 0.717) is 5.56 Å². The van der Waals surface area contributed by atoms with Gasteiger partial charge in [0.05, 0.1) is 11.6 Å². The number of aromatic nitrogens is 1. The fourth-order valence-corrected chi connectivity index (χ4v) is 2.94. The van der Waals surface area contributed by atoms with E-state index in [4.69, 9.17) is 0 Å². The number of rotatable bonds is 3. The van der Waals surface area contributed by atoms with Gasteiger partial charge in [-0.1, -0.05) is 30.3 Å². The summed E-state index contributed by atoms with van der Waals surface area (Å²) in [6, 6.07) is 14.7. The molecule has 0 saturated carbocycles. The molecule has 0 spiro atoms. The van der Waals surface area contributed by atoms with Gasteiger partial charge in [0.25, 0.3) is 0 Å². The zero-order valence-electron chi connectivity index (χ0n) is 10.4. The fourth-order valence-electron chi connectivity index (χ4n) is 2.09. The molecule has 0 radical (unpaired) electrons. The highest BCUT2D eigenvalue weighted by atomic mass is 32.1. The number of hydrogen-bond donors (Lipinski definition) is 1. The van der Waals surface area contributed by atoms with Gasteiger partial charge in [0.1, 0.15) is 10.8 Å². The van der Waals surface area contributed by atoms with E-state index >= 15 is 0 Å². The Bertz CT molecular complexity index is 708. The Morgan fingerprint density at radius 1 is 1.11 bits per heavy atom. The minimum atomic E-state index is -0.184. The number of nitrogens with zero attached hydrogens (tertiary/aromatic N) is 1. The van der Waals surface area contributed by atoms with Gasteiger partial charge >= 0.3 is 0 Å². The number of anilines is 1. The molecule has 0 aliphatic heterocycles. The standard InChI is InChI=1S/C15H13FN2S/c1-10(11-6-2-4-8-13(11)16)17-15-12-7-3-5-9-14(12)18-19-15/h2-10,17H,1H3. The van der Waals surface area contributed by atoms with Gasteiger partial charge in [-0.05, 0) is 36.7 Å². The van der Waals surface area contributed by atoms with E-state index in [1.165, 1.54) is 17.6 Å². The van der Waals surface area contributed by atoms with E-state index < -0.39 is 0 Å². The molecule has 0 amide bonds. The van der Waals surface area contributed by atoms with Crippen molar-refractivity contribution in [3.05, 3.63) is 59.9 Å². The summed E-state index contributed by atoms with van der Waals surface area (Å²) in [6.45, 7) is 1.95. The van der Waals surface area contributed by atoms with E-state index in [9.17, 15) is 4.39 Å². The van der Waals surface area contributed by atoms with E-state index in [1.807, 2.05) is 37.3 Å². The van der Waals surface area contributed by atoms with Gasteiger partial charge < -0.3 is 5.32 Å². The van der Waals surface area contributed by atoms with Gasteiger partial charge in [0, 0.05) is 10.9 Å². The van der Waals surface area contributed by atoms with Crippen LogP contribution in [0.15, 0.2) is 48.5 Å². The number of hydrogen-bond acceptors (Lipinski definition) is 3. The first-order valence-corrected chi connectivity index (χ1v) is 6.88. The molecule has 0 bridgehead atoms. The van der Waals surface area contributed by atoms with Crippen LogP contribution >= 0.6 is 11.5 Å². The lowest BCUT2D eigenvalue weighted by Gasteiger charge is -2.14. The maximum Gasteiger partial charge on any atom is 0.128 e. The van der Waals surface area contributed by atoms with Crippen LogP contribution in [-0.2, 0) is 0 Å². The van der Waals surface area contributed by atoms with Crippen molar-refractivity contribution in [3.8, 4) is 0 Å². The Hall–Kier alpha value is -1.94. The summed E-state index contributed by atoms with van der Waals surface area (Å²) < 4.78 is 18.1. The van der Waals surface area contributed by atoms with Crippen molar-refractivity contribution in [2.45, 2.75) is 13.0 Å². The number of benzene rings is 2. The Kier molecular flexibility index (Phi) is 3.17. The zero-order valence-corrected chi connectivity index (χ0v) is 11.2. The van der Waals surface area contributed by atoms with E-state index in [1.54, 1.807) is 12.1 Å². The predicted molar refractivity (Wildman–Crippen MR) is 78.1 cm³/mol. The molecule has 0 saturated heterocycles. The molecule has 1 aromatic heterocycles. The maximum atomic E-state index is 13.7. The molecule has 2 aromatic carbocycles. The van der Waals surface area contributed by atoms with Crippen molar-refractivity contribution < 1.29 is 4.39 Å². The summed E-state index contributed by atoms with van der Waals surface area (Å²) in [6.07, 6.45) is 0. The van der Waals surface area contributed by atoms with Crippen LogP contribution in [-0.4, -0.2) is 4.37 Å². The molecule has 1 N–H and O–H groups in total. The SMILES string of the molecule is CC(Nc1snc2ccccc12)c1ccccc1F. The van der Waals surface area contributed by atoms with Gasteiger partial charge in [-0.3, -0.25) is 0 Å².